The van der Waals surface area contributed by atoms with E-state index in [1.165, 1.54) is 7.11 Å². The van der Waals surface area contributed by atoms with Crippen LogP contribution >= 0.6 is 0 Å². The van der Waals surface area contributed by atoms with E-state index in [1.807, 2.05) is 52.1 Å². The summed E-state index contributed by atoms with van der Waals surface area (Å²) in [5, 5.41) is 11.7. The molecule has 42 heavy (non-hydrogen) atoms. The standard InChI is InChI=1S/C30H36N4O7S/c1-18-7-8-24(38-5)28(9-18)42(36,37)27-12-20(27)10-23-22-13-25(39-6)21(11-26(22)41-33-23)17-34-16-19(15-32-34)14-31-29(35)40-30(2,3)4/h7-9,11,13,15-16,20,27H,10,12,14,17H2,1-6H3,(H,31,35). The highest BCUT2D eigenvalue weighted by Crippen LogP contribution is 2.45. The van der Waals surface area contributed by atoms with Crippen LogP contribution < -0.4 is 14.8 Å². The lowest BCUT2D eigenvalue weighted by molar-refractivity contribution is 0.0523. The fraction of sp³-hybridized carbons (Fsp3) is 0.433. The summed E-state index contributed by atoms with van der Waals surface area (Å²) in [6.45, 7) is 7.98. The molecule has 2 heterocycles. The van der Waals surface area contributed by atoms with Gasteiger partial charge >= 0.3 is 6.09 Å². The minimum atomic E-state index is -3.55. The van der Waals surface area contributed by atoms with Crippen LogP contribution in [0.4, 0.5) is 4.79 Å². The van der Waals surface area contributed by atoms with Crippen LogP contribution in [0.2, 0.25) is 0 Å². The number of hydrogen-bond acceptors (Lipinski definition) is 9. The first kappa shape index (κ1) is 29.4. The molecule has 11 nitrogen and oxygen atoms in total. The second-order valence-corrected chi connectivity index (χ2v) is 13.8. The molecular formula is C30H36N4O7S. The summed E-state index contributed by atoms with van der Waals surface area (Å²) in [6.07, 6.45) is 4.05. The predicted octanol–water partition coefficient (Wildman–Crippen LogP) is 4.83. The Morgan fingerprint density at radius 2 is 1.90 bits per heavy atom. The fourth-order valence-corrected chi connectivity index (χ4v) is 7.21. The first-order valence-corrected chi connectivity index (χ1v) is 15.2. The first-order chi connectivity index (χ1) is 19.9. The van der Waals surface area contributed by atoms with Gasteiger partial charge < -0.3 is 24.1 Å². The average Bonchev–Trinajstić information content (AvgIpc) is 3.40. The Morgan fingerprint density at radius 3 is 2.62 bits per heavy atom. The van der Waals surface area contributed by atoms with Crippen molar-refractivity contribution >= 4 is 26.9 Å². The number of hydrogen-bond donors (Lipinski definition) is 1. The lowest BCUT2D eigenvalue weighted by atomic mass is 10.1. The molecule has 0 spiro atoms. The molecule has 1 saturated carbocycles. The van der Waals surface area contributed by atoms with E-state index in [0.717, 1.165) is 22.1 Å². The van der Waals surface area contributed by atoms with Crippen molar-refractivity contribution < 1.29 is 31.9 Å². The van der Waals surface area contributed by atoms with Crippen molar-refractivity contribution in [3.8, 4) is 11.5 Å². The number of methoxy groups -OCH3 is 2. The summed E-state index contributed by atoms with van der Waals surface area (Å²) in [5.41, 5.74) is 3.22. The third-order valence-corrected chi connectivity index (χ3v) is 9.45. The third kappa shape index (κ3) is 6.38. The zero-order valence-electron chi connectivity index (χ0n) is 24.6. The zero-order valence-corrected chi connectivity index (χ0v) is 25.4. The summed E-state index contributed by atoms with van der Waals surface area (Å²) in [4.78, 5) is 12.2. The second kappa shape index (κ2) is 11.3. The third-order valence-electron chi connectivity index (χ3n) is 7.14. The smallest absolute Gasteiger partial charge is 0.407 e. The van der Waals surface area contributed by atoms with E-state index < -0.39 is 26.8 Å². The number of aryl methyl sites for hydroxylation is 1. The monoisotopic (exact) mass is 596 g/mol. The van der Waals surface area contributed by atoms with Crippen LogP contribution in [0.3, 0.4) is 0 Å². The minimum absolute atomic E-state index is 0.0732. The van der Waals surface area contributed by atoms with Crippen molar-refractivity contribution in [1.82, 2.24) is 20.3 Å². The van der Waals surface area contributed by atoms with Crippen molar-refractivity contribution in [1.29, 1.82) is 0 Å². The molecule has 1 aliphatic rings. The number of nitrogens with one attached hydrogen (secondary N) is 1. The van der Waals surface area contributed by atoms with E-state index in [4.69, 9.17) is 18.7 Å². The first-order valence-electron chi connectivity index (χ1n) is 13.7. The van der Waals surface area contributed by atoms with Crippen LogP contribution in [-0.4, -0.2) is 54.5 Å². The number of benzene rings is 2. The van der Waals surface area contributed by atoms with Crippen LogP contribution in [0.1, 0.15) is 49.6 Å². The second-order valence-electron chi connectivity index (χ2n) is 11.6. The molecule has 2 unspecified atom stereocenters. The van der Waals surface area contributed by atoms with Crippen LogP contribution in [-0.2, 0) is 34.1 Å². The molecule has 2 aromatic carbocycles. The van der Waals surface area contributed by atoms with E-state index in [-0.39, 0.29) is 17.4 Å². The summed E-state index contributed by atoms with van der Waals surface area (Å²) >= 11 is 0. The number of alkyl carbamates (subject to hydrolysis) is 1. The Morgan fingerprint density at radius 1 is 1.14 bits per heavy atom. The number of aromatic nitrogens is 3. The lowest BCUT2D eigenvalue weighted by Gasteiger charge is -2.19. The van der Waals surface area contributed by atoms with Crippen LogP contribution in [0.5, 0.6) is 11.5 Å². The molecular weight excluding hydrogens is 560 g/mol. The van der Waals surface area contributed by atoms with Crippen molar-refractivity contribution in [3.05, 3.63) is 65.1 Å². The molecule has 0 radical (unpaired) electrons. The van der Waals surface area contributed by atoms with Gasteiger partial charge in [-0.25, -0.2) is 13.2 Å². The maximum absolute atomic E-state index is 13.4. The molecule has 2 atom stereocenters. The SMILES string of the molecule is COc1cc2c(CC3CC3S(=O)(=O)c3cc(C)ccc3OC)noc2cc1Cn1cc(CNC(=O)OC(C)(C)C)cn1. The van der Waals surface area contributed by atoms with Crippen molar-refractivity contribution in [2.45, 2.75) is 69.4 Å². The Bertz CT molecular complexity index is 1720. The molecule has 1 fully saturated rings. The van der Waals surface area contributed by atoms with E-state index in [1.54, 1.807) is 30.1 Å². The number of sulfone groups is 1. The van der Waals surface area contributed by atoms with E-state index >= 15 is 0 Å². The number of nitrogens with zero attached hydrogens (tertiary/aromatic N) is 3. The quantitative estimate of drug-likeness (QED) is 0.273. The molecule has 0 saturated heterocycles. The Hall–Kier alpha value is -4.06. The topological polar surface area (TPSA) is 135 Å². The fourth-order valence-electron chi connectivity index (χ4n) is 5.00. The van der Waals surface area contributed by atoms with Gasteiger partial charge in [-0.15, -0.1) is 0 Å². The van der Waals surface area contributed by atoms with Gasteiger partial charge in [-0.1, -0.05) is 11.2 Å². The summed E-state index contributed by atoms with van der Waals surface area (Å²) in [5.74, 6) is 0.926. The number of ether oxygens (including phenoxy) is 3. The van der Waals surface area contributed by atoms with Crippen molar-refractivity contribution in [2.75, 3.05) is 14.2 Å². The number of amides is 1. The Balaban J connectivity index is 1.27. The summed E-state index contributed by atoms with van der Waals surface area (Å²) < 4.78 is 50.5. The van der Waals surface area contributed by atoms with Gasteiger partial charge in [0.2, 0.25) is 0 Å². The Labute approximate surface area is 245 Å². The molecule has 12 heteroatoms. The van der Waals surface area contributed by atoms with Gasteiger partial charge in [0.25, 0.3) is 0 Å². The minimum Gasteiger partial charge on any atom is -0.496 e. The molecule has 5 rings (SSSR count). The van der Waals surface area contributed by atoms with E-state index in [9.17, 15) is 13.2 Å². The normalized spacial score (nSPS) is 16.8. The summed E-state index contributed by atoms with van der Waals surface area (Å²) in [7, 11) is -0.482. The number of fused-ring (bicyclic) bond motifs is 1. The molecule has 4 aromatic rings. The molecule has 0 bridgehead atoms. The molecule has 0 aliphatic heterocycles. The molecule has 2 aromatic heterocycles. The van der Waals surface area contributed by atoms with Gasteiger partial charge in [-0.3, -0.25) is 4.68 Å². The zero-order chi connectivity index (χ0) is 30.2. The van der Waals surface area contributed by atoms with Crippen molar-refractivity contribution in [3.63, 3.8) is 0 Å². The predicted molar refractivity (Wildman–Crippen MR) is 155 cm³/mol. The van der Waals surface area contributed by atoms with Gasteiger partial charge in [0.1, 0.15) is 22.0 Å². The van der Waals surface area contributed by atoms with E-state index in [0.29, 0.717) is 42.2 Å². The molecule has 1 amide bonds. The van der Waals surface area contributed by atoms with Gasteiger partial charge in [-0.05, 0) is 76.3 Å². The highest BCUT2D eigenvalue weighted by molar-refractivity contribution is 7.92. The van der Waals surface area contributed by atoms with Gasteiger partial charge in [0.15, 0.2) is 15.4 Å². The van der Waals surface area contributed by atoms with Crippen LogP contribution in [0, 0.1) is 12.8 Å². The summed E-state index contributed by atoms with van der Waals surface area (Å²) in [6, 6.07) is 8.94. The Kier molecular flexibility index (Phi) is 7.93. The van der Waals surface area contributed by atoms with Gasteiger partial charge in [-0.2, -0.15) is 5.10 Å². The molecule has 1 aliphatic carbocycles. The number of rotatable bonds is 10. The molecule has 1 N–H and O–H groups in total. The average molecular weight is 597 g/mol. The van der Waals surface area contributed by atoms with Gasteiger partial charge in [0.05, 0.1) is 37.9 Å². The van der Waals surface area contributed by atoms with Gasteiger partial charge in [0, 0.05) is 29.3 Å². The number of carbonyl (C=O) groups excluding carboxylic acids is 1. The maximum Gasteiger partial charge on any atom is 0.407 e. The number of carbonyl (C=O) groups is 1. The van der Waals surface area contributed by atoms with E-state index in [2.05, 4.69) is 15.6 Å². The lowest BCUT2D eigenvalue weighted by Crippen LogP contribution is -2.32. The highest BCUT2D eigenvalue weighted by atomic mass is 32.2. The molecule has 224 valence electrons. The van der Waals surface area contributed by atoms with Crippen LogP contribution in [0.15, 0.2) is 52.1 Å². The van der Waals surface area contributed by atoms with Crippen LogP contribution in [0.25, 0.3) is 11.0 Å². The maximum atomic E-state index is 13.4. The highest BCUT2D eigenvalue weighted by Gasteiger charge is 2.49. The van der Waals surface area contributed by atoms with Crippen molar-refractivity contribution in [2.24, 2.45) is 5.92 Å². The largest absolute Gasteiger partial charge is 0.496 e.